The van der Waals surface area contributed by atoms with Crippen molar-refractivity contribution >= 4 is 23.2 Å². The van der Waals surface area contributed by atoms with Gasteiger partial charge in [0.25, 0.3) is 5.91 Å². The van der Waals surface area contributed by atoms with Crippen LogP contribution in [0.15, 0.2) is 91.4 Å². The van der Waals surface area contributed by atoms with Crippen LogP contribution < -0.4 is 10.6 Å². The molecular weight excluding hydrogens is 350 g/mol. The van der Waals surface area contributed by atoms with Crippen molar-refractivity contribution < 1.29 is 4.79 Å². The summed E-state index contributed by atoms with van der Waals surface area (Å²) in [5.74, 6) is 0.274. The van der Waals surface area contributed by atoms with Gasteiger partial charge < -0.3 is 10.6 Å². The zero-order chi connectivity index (χ0) is 19.2. The maximum atomic E-state index is 12.5. The number of pyridine rings is 1. The molecule has 4 rings (SSSR count). The van der Waals surface area contributed by atoms with Gasteiger partial charge in [-0.15, -0.1) is 0 Å². The fraction of sp³-hybridized carbons (Fsp3) is 0. The van der Waals surface area contributed by atoms with Crippen LogP contribution in [0.3, 0.4) is 0 Å². The SMILES string of the molecule is O=C(Nc1ccccc1)c1cccc(Nc2nccc(-c3ccncc3)n2)c1. The summed E-state index contributed by atoms with van der Waals surface area (Å²) in [6.45, 7) is 0. The second kappa shape index (κ2) is 8.09. The number of nitrogens with one attached hydrogen (secondary N) is 2. The summed E-state index contributed by atoms with van der Waals surface area (Å²) in [7, 11) is 0. The molecule has 0 bridgehead atoms. The topological polar surface area (TPSA) is 79.8 Å². The average molecular weight is 367 g/mol. The molecule has 2 aromatic carbocycles. The fourth-order valence-corrected chi connectivity index (χ4v) is 2.69. The molecule has 2 heterocycles. The van der Waals surface area contributed by atoms with Crippen LogP contribution in [0.5, 0.6) is 0 Å². The molecule has 4 aromatic rings. The number of carbonyl (C=O) groups is 1. The van der Waals surface area contributed by atoms with E-state index in [1.54, 1.807) is 30.7 Å². The minimum atomic E-state index is -0.179. The molecule has 0 saturated heterocycles. The van der Waals surface area contributed by atoms with Crippen LogP contribution in [0.4, 0.5) is 17.3 Å². The number of carbonyl (C=O) groups excluding carboxylic acids is 1. The number of anilines is 3. The maximum absolute atomic E-state index is 12.5. The van der Waals surface area contributed by atoms with Crippen LogP contribution in [0, 0.1) is 0 Å². The first-order chi connectivity index (χ1) is 13.8. The summed E-state index contributed by atoms with van der Waals surface area (Å²) >= 11 is 0. The summed E-state index contributed by atoms with van der Waals surface area (Å²) in [6.07, 6.45) is 5.13. The van der Waals surface area contributed by atoms with Crippen molar-refractivity contribution in [2.75, 3.05) is 10.6 Å². The van der Waals surface area contributed by atoms with Crippen molar-refractivity contribution in [3.8, 4) is 11.3 Å². The third-order valence-electron chi connectivity index (χ3n) is 4.04. The van der Waals surface area contributed by atoms with E-state index in [0.29, 0.717) is 11.5 Å². The van der Waals surface area contributed by atoms with E-state index in [2.05, 4.69) is 25.6 Å². The Hall–Kier alpha value is -4.06. The predicted molar refractivity (Wildman–Crippen MR) is 109 cm³/mol. The summed E-state index contributed by atoms with van der Waals surface area (Å²) < 4.78 is 0. The Balaban J connectivity index is 1.52. The number of rotatable bonds is 5. The Kier molecular flexibility index (Phi) is 5.02. The molecule has 0 aliphatic rings. The largest absolute Gasteiger partial charge is 0.324 e. The summed E-state index contributed by atoms with van der Waals surface area (Å²) in [5.41, 5.74) is 3.76. The molecule has 0 aliphatic carbocycles. The molecule has 6 heteroatoms. The smallest absolute Gasteiger partial charge is 0.255 e. The van der Waals surface area contributed by atoms with Crippen molar-refractivity contribution in [1.29, 1.82) is 0 Å². The van der Waals surface area contributed by atoms with Crippen molar-refractivity contribution in [3.05, 3.63) is 97.0 Å². The third kappa shape index (κ3) is 4.19. The third-order valence-corrected chi connectivity index (χ3v) is 4.04. The molecule has 0 unspecified atom stereocenters. The highest BCUT2D eigenvalue weighted by Gasteiger charge is 2.08. The van der Waals surface area contributed by atoms with E-state index in [-0.39, 0.29) is 5.91 Å². The minimum Gasteiger partial charge on any atom is -0.324 e. The van der Waals surface area contributed by atoms with Crippen molar-refractivity contribution in [2.24, 2.45) is 0 Å². The summed E-state index contributed by atoms with van der Waals surface area (Å²) in [6, 6.07) is 22.2. The average Bonchev–Trinajstić information content (AvgIpc) is 2.75. The Morgan fingerprint density at radius 2 is 1.57 bits per heavy atom. The molecule has 1 amide bonds. The first-order valence-corrected chi connectivity index (χ1v) is 8.75. The molecule has 136 valence electrons. The molecule has 0 atom stereocenters. The quantitative estimate of drug-likeness (QED) is 0.541. The van der Waals surface area contributed by atoms with E-state index in [9.17, 15) is 4.79 Å². The van der Waals surface area contributed by atoms with Gasteiger partial charge in [-0.3, -0.25) is 9.78 Å². The van der Waals surface area contributed by atoms with Crippen molar-refractivity contribution in [1.82, 2.24) is 15.0 Å². The van der Waals surface area contributed by atoms with E-state index >= 15 is 0 Å². The minimum absolute atomic E-state index is 0.179. The number of benzene rings is 2. The molecule has 28 heavy (non-hydrogen) atoms. The van der Waals surface area contributed by atoms with E-state index in [1.165, 1.54) is 0 Å². The second-order valence-electron chi connectivity index (χ2n) is 6.03. The van der Waals surface area contributed by atoms with E-state index in [0.717, 1.165) is 22.6 Å². The second-order valence-corrected chi connectivity index (χ2v) is 6.03. The van der Waals surface area contributed by atoms with Gasteiger partial charge in [-0.05, 0) is 48.5 Å². The first-order valence-electron chi connectivity index (χ1n) is 8.75. The highest BCUT2D eigenvalue weighted by Crippen LogP contribution is 2.20. The standard InChI is InChI=1S/C22H17N5O/c28-21(25-18-6-2-1-3-7-18)17-5-4-8-19(15-17)26-22-24-14-11-20(27-22)16-9-12-23-13-10-16/h1-15H,(H,25,28)(H,24,26,27). The van der Waals surface area contributed by atoms with Gasteiger partial charge in [-0.2, -0.15) is 0 Å². The lowest BCUT2D eigenvalue weighted by Gasteiger charge is -2.09. The van der Waals surface area contributed by atoms with Gasteiger partial charge in [0.05, 0.1) is 5.69 Å². The molecule has 6 nitrogen and oxygen atoms in total. The van der Waals surface area contributed by atoms with Crippen molar-refractivity contribution in [3.63, 3.8) is 0 Å². The van der Waals surface area contributed by atoms with E-state index < -0.39 is 0 Å². The van der Waals surface area contributed by atoms with Crippen LogP contribution in [-0.2, 0) is 0 Å². The van der Waals surface area contributed by atoms with Crippen LogP contribution in [0.2, 0.25) is 0 Å². The fourth-order valence-electron chi connectivity index (χ4n) is 2.69. The molecule has 0 saturated carbocycles. The number of aromatic nitrogens is 3. The van der Waals surface area contributed by atoms with Crippen LogP contribution in [0.1, 0.15) is 10.4 Å². The Bertz CT molecular complexity index is 1080. The molecular formula is C22H17N5O. The van der Waals surface area contributed by atoms with Gasteiger partial charge in [-0.25, -0.2) is 9.97 Å². The van der Waals surface area contributed by atoms with Crippen molar-refractivity contribution in [2.45, 2.75) is 0 Å². The lowest BCUT2D eigenvalue weighted by Crippen LogP contribution is -2.12. The number of hydrogen-bond acceptors (Lipinski definition) is 5. The van der Waals surface area contributed by atoms with E-state index in [4.69, 9.17) is 0 Å². The molecule has 0 radical (unpaired) electrons. The molecule has 2 aromatic heterocycles. The number of nitrogens with zero attached hydrogens (tertiary/aromatic N) is 3. The Morgan fingerprint density at radius 1 is 0.786 bits per heavy atom. The number of hydrogen-bond donors (Lipinski definition) is 2. The number of para-hydroxylation sites is 1. The summed E-state index contributed by atoms with van der Waals surface area (Å²) in [5, 5.41) is 6.03. The van der Waals surface area contributed by atoms with Gasteiger partial charge in [-0.1, -0.05) is 24.3 Å². The van der Waals surface area contributed by atoms with Gasteiger partial charge in [0.1, 0.15) is 0 Å². The predicted octanol–water partition coefficient (Wildman–Crippen LogP) is 4.53. The first kappa shape index (κ1) is 17.4. The zero-order valence-electron chi connectivity index (χ0n) is 14.9. The highest BCUT2D eigenvalue weighted by atomic mass is 16.1. The Morgan fingerprint density at radius 3 is 2.39 bits per heavy atom. The highest BCUT2D eigenvalue weighted by molar-refractivity contribution is 6.04. The molecule has 0 fully saturated rings. The zero-order valence-corrected chi connectivity index (χ0v) is 14.9. The maximum Gasteiger partial charge on any atom is 0.255 e. The van der Waals surface area contributed by atoms with Crippen LogP contribution in [-0.4, -0.2) is 20.9 Å². The lowest BCUT2D eigenvalue weighted by molar-refractivity contribution is 0.102. The normalized spacial score (nSPS) is 10.3. The lowest BCUT2D eigenvalue weighted by atomic mass is 10.2. The molecule has 0 spiro atoms. The number of amides is 1. The van der Waals surface area contributed by atoms with Gasteiger partial charge in [0, 0.05) is 41.1 Å². The van der Waals surface area contributed by atoms with Gasteiger partial charge >= 0.3 is 0 Å². The molecule has 0 aliphatic heterocycles. The van der Waals surface area contributed by atoms with Crippen LogP contribution >= 0.6 is 0 Å². The van der Waals surface area contributed by atoms with Crippen LogP contribution in [0.25, 0.3) is 11.3 Å². The van der Waals surface area contributed by atoms with Gasteiger partial charge in [0.2, 0.25) is 5.95 Å². The monoisotopic (exact) mass is 367 g/mol. The van der Waals surface area contributed by atoms with E-state index in [1.807, 2.05) is 60.7 Å². The Labute approximate surface area is 162 Å². The van der Waals surface area contributed by atoms with Gasteiger partial charge in [0.15, 0.2) is 0 Å². The molecule has 2 N–H and O–H groups in total. The summed E-state index contributed by atoms with van der Waals surface area (Å²) in [4.78, 5) is 25.3.